The molecule has 0 bridgehead atoms. The summed E-state index contributed by atoms with van der Waals surface area (Å²) in [6.07, 6.45) is 5.25. The number of benzene rings is 2. The molecule has 44 heavy (non-hydrogen) atoms. The van der Waals surface area contributed by atoms with E-state index in [2.05, 4.69) is 65.6 Å². The highest BCUT2D eigenvalue weighted by atomic mass is 32.2. The zero-order valence-corrected chi connectivity index (χ0v) is 26.9. The minimum Gasteiger partial charge on any atom is -0.480 e. The summed E-state index contributed by atoms with van der Waals surface area (Å²) in [4.78, 5) is 36.6. The van der Waals surface area contributed by atoms with Crippen molar-refractivity contribution in [2.45, 2.75) is 80.8 Å². The van der Waals surface area contributed by atoms with Crippen molar-refractivity contribution in [1.29, 1.82) is 0 Å². The van der Waals surface area contributed by atoms with Crippen LogP contribution in [0.4, 0.5) is 0 Å². The number of hydrogen-bond donors (Lipinski definition) is 4. The lowest BCUT2D eigenvalue weighted by molar-refractivity contribution is -0.140. The number of thiophene rings is 1. The van der Waals surface area contributed by atoms with E-state index in [4.69, 9.17) is 0 Å². The molecule has 1 aliphatic rings. The predicted molar refractivity (Wildman–Crippen MR) is 176 cm³/mol. The van der Waals surface area contributed by atoms with E-state index >= 15 is 0 Å². The fraction of sp³-hybridized carbons (Fsp3) is 0.353. The average Bonchev–Trinajstić information content (AvgIpc) is 3.66. The first-order chi connectivity index (χ1) is 21.0. The number of aromatic nitrogens is 2. The summed E-state index contributed by atoms with van der Waals surface area (Å²) in [6.45, 7) is 7.70. The number of carboxylic acid groups (broad SMARTS) is 1. The van der Waals surface area contributed by atoms with Gasteiger partial charge in [0.05, 0.1) is 10.9 Å². The van der Waals surface area contributed by atoms with Gasteiger partial charge in [-0.2, -0.15) is 0 Å². The Morgan fingerprint density at radius 1 is 0.955 bits per heavy atom. The second-order valence-electron chi connectivity index (χ2n) is 12.2. The second-order valence-corrected chi connectivity index (χ2v) is 14.7. The molecule has 2 heterocycles. The van der Waals surface area contributed by atoms with Crippen LogP contribution in [0, 0.1) is 0 Å². The van der Waals surface area contributed by atoms with Gasteiger partial charge >= 0.3 is 5.97 Å². The topological polar surface area (TPSA) is 124 Å². The van der Waals surface area contributed by atoms with Crippen molar-refractivity contribution in [1.82, 2.24) is 20.6 Å². The first-order valence-corrected chi connectivity index (χ1v) is 16.4. The Kier molecular flexibility index (Phi) is 9.84. The SMILES string of the molecule is C[C@@H](NC(O)[C@H](Cc1ccc(-c2ncc(-c3ccc(SC4CC4)cc3)cn2)cc1)NC(=O)c1ccc(C(C)(C)C)s1)C(=O)O. The van der Waals surface area contributed by atoms with Crippen LogP contribution in [0.1, 0.15) is 60.6 Å². The monoisotopic (exact) mass is 630 g/mol. The zero-order valence-electron chi connectivity index (χ0n) is 25.3. The highest BCUT2D eigenvalue weighted by molar-refractivity contribution is 8.00. The Balaban J connectivity index is 1.27. The molecule has 1 saturated carbocycles. The lowest BCUT2D eigenvalue weighted by Crippen LogP contribution is -2.54. The van der Waals surface area contributed by atoms with Crippen LogP contribution in [0.15, 0.2) is 78.0 Å². The van der Waals surface area contributed by atoms with Gasteiger partial charge in [-0.3, -0.25) is 14.9 Å². The summed E-state index contributed by atoms with van der Waals surface area (Å²) in [7, 11) is 0. The Bertz CT molecular complexity index is 1580. The lowest BCUT2D eigenvalue weighted by atomic mass is 9.95. The van der Waals surface area contributed by atoms with Crippen molar-refractivity contribution in [3.05, 3.63) is 88.4 Å². The number of carboxylic acids is 1. The van der Waals surface area contributed by atoms with Crippen LogP contribution in [-0.2, 0) is 16.6 Å². The number of hydrogen-bond acceptors (Lipinski definition) is 8. The molecule has 1 amide bonds. The van der Waals surface area contributed by atoms with Gasteiger partial charge in [0.25, 0.3) is 5.91 Å². The van der Waals surface area contributed by atoms with Crippen molar-refractivity contribution in [3.63, 3.8) is 0 Å². The fourth-order valence-corrected chi connectivity index (χ4v) is 6.58. The first-order valence-electron chi connectivity index (χ1n) is 14.7. The van der Waals surface area contributed by atoms with Crippen LogP contribution in [0.3, 0.4) is 0 Å². The van der Waals surface area contributed by atoms with Crippen LogP contribution < -0.4 is 10.6 Å². The molecule has 10 heteroatoms. The first kappa shape index (κ1) is 31.8. The van der Waals surface area contributed by atoms with Gasteiger partial charge in [0.15, 0.2) is 5.82 Å². The van der Waals surface area contributed by atoms with Gasteiger partial charge in [0.2, 0.25) is 0 Å². The molecule has 0 spiro atoms. The molecule has 2 aromatic carbocycles. The maximum Gasteiger partial charge on any atom is 0.320 e. The quantitative estimate of drug-likeness (QED) is 0.138. The number of aliphatic carboxylic acids is 1. The summed E-state index contributed by atoms with van der Waals surface area (Å²) >= 11 is 3.34. The van der Waals surface area contributed by atoms with Gasteiger partial charge in [-0.25, -0.2) is 9.97 Å². The molecule has 5 rings (SSSR count). The molecule has 8 nitrogen and oxygen atoms in total. The molecular weight excluding hydrogens is 593 g/mol. The molecule has 1 unspecified atom stereocenters. The molecule has 4 N–H and O–H groups in total. The van der Waals surface area contributed by atoms with E-state index < -0.39 is 24.3 Å². The number of amides is 1. The third-order valence-electron chi connectivity index (χ3n) is 7.39. The van der Waals surface area contributed by atoms with E-state index in [-0.39, 0.29) is 17.7 Å². The summed E-state index contributed by atoms with van der Waals surface area (Å²) in [5.41, 5.74) is 3.62. The van der Waals surface area contributed by atoms with E-state index in [9.17, 15) is 19.8 Å². The number of nitrogens with one attached hydrogen (secondary N) is 2. The number of thioether (sulfide) groups is 1. The largest absolute Gasteiger partial charge is 0.480 e. The molecule has 1 aliphatic carbocycles. The fourth-order valence-electron chi connectivity index (χ4n) is 4.56. The average molecular weight is 631 g/mol. The summed E-state index contributed by atoms with van der Waals surface area (Å²) in [5.74, 6) is -0.821. The van der Waals surface area contributed by atoms with E-state index in [1.165, 1.54) is 36.0 Å². The Morgan fingerprint density at radius 3 is 2.16 bits per heavy atom. The Hall–Kier alpha value is -3.57. The van der Waals surface area contributed by atoms with E-state index in [1.54, 1.807) is 6.07 Å². The molecule has 3 atom stereocenters. The van der Waals surface area contributed by atoms with Gasteiger partial charge in [0.1, 0.15) is 12.3 Å². The third kappa shape index (κ3) is 8.32. The predicted octanol–water partition coefficient (Wildman–Crippen LogP) is 6.15. The Labute approximate surface area is 266 Å². The van der Waals surface area contributed by atoms with Crippen LogP contribution in [0.5, 0.6) is 0 Å². The molecule has 2 aromatic heterocycles. The van der Waals surface area contributed by atoms with Crippen molar-refractivity contribution in [3.8, 4) is 22.5 Å². The molecule has 1 fully saturated rings. The smallest absolute Gasteiger partial charge is 0.320 e. The second kappa shape index (κ2) is 13.6. The maximum absolute atomic E-state index is 13.2. The van der Waals surface area contributed by atoms with Gasteiger partial charge in [-0.1, -0.05) is 57.2 Å². The maximum atomic E-state index is 13.2. The highest BCUT2D eigenvalue weighted by Crippen LogP contribution is 2.39. The molecule has 0 saturated heterocycles. The van der Waals surface area contributed by atoms with Gasteiger partial charge in [-0.05, 0) is 67.0 Å². The standard InChI is InChI=1S/C34H38N4O4S2/c1-20(33(41)42)37-31(39)27(38-32(40)28-15-16-29(44-28)34(2,3)4)17-21-5-7-23(8-6-21)30-35-18-24(19-36-30)22-9-11-25(12-10-22)43-26-13-14-26/h5-12,15-16,18-20,26-27,31,37,39H,13-14,17H2,1-4H3,(H,38,40)(H,41,42)/t20-,27+,31?/m1/s1. The van der Waals surface area contributed by atoms with Gasteiger partial charge in [-0.15, -0.1) is 23.1 Å². The minimum atomic E-state index is -1.29. The van der Waals surface area contributed by atoms with Crippen molar-refractivity contribution < 1.29 is 19.8 Å². The Morgan fingerprint density at radius 2 is 1.59 bits per heavy atom. The summed E-state index contributed by atoms with van der Waals surface area (Å²) < 4.78 is 0. The van der Waals surface area contributed by atoms with Crippen LogP contribution in [0.2, 0.25) is 0 Å². The number of aliphatic hydroxyl groups is 1. The number of aliphatic hydroxyl groups excluding tert-OH is 1. The number of rotatable bonds is 12. The van der Waals surface area contributed by atoms with Crippen LogP contribution in [0.25, 0.3) is 22.5 Å². The molecule has 0 aliphatic heterocycles. The normalized spacial score (nSPS) is 15.4. The van der Waals surface area contributed by atoms with Crippen LogP contribution in [-0.4, -0.2) is 55.6 Å². The van der Waals surface area contributed by atoms with Gasteiger partial charge in [0, 0.05) is 38.5 Å². The molecular formula is C34H38N4O4S2. The third-order valence-corrected chi connectivity index (χ3v) is 10.3. The summed E-state index contributed by atoms with van der Waals surface area (Å²) in [5, 5.41) is 26.6. The number of nitrogens with zero attached hydrogens (tertiary/aromatic N) is 2. The van der Waals surface area contributed by atoms with E-state index in [0.717, 1.165) is 32.4 Å². The highest BCUT2D eigenvalue weighted by Gasteiger charge is 2.27. The van der Waals surface area contributed by atoms with Gasteiger partial charge < -0.3 is 15.5 Å². The minimum absolute atomic E-state index is 0.0910. The van der Waals surface area contributed by atoms with E-state index in [0.29, 0.717) is 10.7 Å². The van der Waals surface area contributed by atoms with Crippen LogP contribution >= 0.6 is 23.1 Å². The number of carbonyl (C=O) groups is 2. The van der Waals surface area contributed by atoms with Crippen molar-refractivity contribution in [2.24, 2.45) is 0 Å². The molecule has 4 aromatic rings. The van der Waals surface area contributed by atoms with Crippen molar-refractivity contribution >= 4 is 35.0 Å². The lowest BCUT2D eigenvalue weighted by Gasteiger charge is -2.26. The zero-order chi connectivity index (χ0) is 31.4. The molecule has 0 radical (unpaired) electrons. The summed E-state index contributed by atoms with van der Waals surface area (Å²) in [6, 6.07) is 18.1. The van der Waals surface area contributed by atoms with Crippen molar-refractivity contribution in [2.75, 3.05) is 0 Å². The number of carbonyl (C=O) groups excluding carboxylic acids is 1. The van der Waals surface area contributed by atoms with E-state index in [1.807, 2.05) is 54.5 Å². The molecule has 230 valence electrons.